The van der Waals surface area contributed by atoms with Crippen LogP contribution in [0.4, 0.5) is 0 Å². The minimum Gasteiger partial charge on any atom is -0.447 e. The Morgan fingerprint density at radius 2 is 2.18 bits per heavy atom. The molecule has 22 heavy (non-hydrogen) atoms. The topological polar surface area (TPSA) is 68.0 Å². The van der Waals surface area contributed by atoms with Crippen LogP contribution in [0.1, 0.15) is 41.0 Å². The van der Waals surface area contributed by atoms with Crippen molar-refractivity contribution >= 4 is 27.5 Å². The van der Waals surface area contributed by atoms with E-state index in [9.17, 15) is 4.79 Å². The van der Waals surface area contributed by atoms with Crippen molar-refractivity contribution in [1.29, 1.82) is 0 Å². The molecule has 5 nitrogen and oxygen atoms in total. The quantitative estimate of drug-likeness (QED) is 0.783. The number of hydrogen-bond acceptors (Lipinski definition) is 5. The molecule has 114 valence electrons. The lowest BCUT2D eigenvalue weighted by molar-refractivity contribution is 0.0947. The second-order valence-electron chi connectivity index (χ2n) is 5.30. The van der Waals surface area contributed by atoms with E-state index in [1.807, 2.05) is 32.0 Å². The highest BCUT2D eigenvalue weighted by atomic mass is 32.1. The number of nitrogens with one attached hydrogen (secondary N) is 1. The normalized spacial score (nSPS) is 11.2. The zero-order valence-corrected chi connectivity index (χ0v) is 13.3. The molecule has 0 saturated carbocycles. The molecule has 3 rings (SSSR count). The molecule has 0 bridgehead atoms. The molecule has 0 spiro atoms. The number of nitrogens with zero attached hydrogens (tertiary/aromatic N) is 2. The molecule has 0 radical (unpaired) electrons. The predicted molar refractivity (Wildman–Crippen MR) is 86.2 cm³/mol. The standard InChI is InChI=1S/C16H17N3O2S/c1-10(2)15-14(18-9-21-15)16(20)17-8-7-13-19-11-5-3-4-6-12(11)22-13/h3-6,9-10H,7-8H2,1-2H3,(H,17,20). The predicted octanol–water partition coefficient (Wildman–Crippen LogP) is 3.38. The molecule has 0 fully saturated rings. The summed E-state index contributed by atoms with van der Waals surface area (Å²) in [6.07, 6.45) is 2.03. The first-order valence-electron chi connectivity index (χ1n) is 7.21. The van der Waals surface area contributed by atoms with E-state index in [1.54, 1.807) is 11.3 Å². The van der Waals surface area contributed by atoms with E-state index in [2.05, 4.69) is 21.4 Å². The first-order chi connectivity index (χ1) is 10.6. The monoisotopic (exact) mass is 315 g/mol. The zero-order chi connectivity index (χ0) is 15.5. The van der Waals surface area contributed by atoms with Crippen LogP contribution in [0.15, 0.2) is 35.1 Å². The Labute approximate surface area is 132 Å². The average Bonchev–Trinajstić information content (AvgIpc) is 3.13. The molecule has 2 heterocycles. The molecule has 0 aliphatic heterocycles. The lowest BCUT2D eigenvalue weighted by Gasteiger charge is -2.05. The van der Waals surface area contributed by atoms with E-state index in [0.717, 1.165) is 10.5 Å². The smallest absolute Gasteiger partial charge is 0.273 e. The van der Waals surface area contributed by atoms with Crippen molar-refractivity contribution in [2.45, 2.75) is 26.2 Å². The molecule has 0 aliphatic rings. The lowest BCUT2D eigenvalue weighted by Crippen LogP contribution is -2.27. The Balaban J connectivity index is 1.60. The highest BCUT2D eigenvalue weighted by molar-refractivity contribution is 7.18. The van der Waals surface area contributed by atoms with Gasteiger partial charge in [-0.15, -0.1) is 11.3 Å². The third-order valence-corrected chi connectivity index (χ3v) is 4.39. The van der Waals surface area contributed by atoms with Crippen molar-refractivity contribution < 1.29 is 9.21 Å². The third kappa shape index (κ3) is 3.01. The van der Waals surface area contributed by atoms with E-state index in [4.69, 9.17) is 4.42 Å². The summed E-state index contributed by atoms with van der Waals surface area (Å²) < 4.78 is 6.44. The largest absolute Gasteiger partial charge is 0.447 e. The fraction of sp³-hybridized carbons (Fsp3) is 0.312. The van der Waals surface area contributed by atoms with E-state index >= 15 is 0 Å². The Kier molecular flexibility index (Phi) is 4.20. The Morgan fingerprint density at radius 1 is 1.36 bits per heavy atom. The highest BCUT2D eigenvalue weighted by Crippen LogP contribution is 2.21. The van der Waals surface area contributed by atoms with E-state index in [0.29, 0.717) is 24.4 Å². The number of oxazole rings is 1. The van der Waals surface area contributed by atoms with Crippen LogP contribution in [0.25, 0.3) is 10.2 Å². The molecule has 3 aromatic rings. The number of hydrogen-bond donors (Lipinski definition) is 1. The van der Waals surface area contributed by atoms with Crippen molar-refractivity contribution in [3.63, 3.8) is 0 Å². The van der Waals surface area contributed by atoms with Gasteiger partial charge in [0.25, 0.3) is 5.91 Å². The number of amides is 1. The van der Waals surface area contributed by atoms with Crippen LogP contribution in [0.2, 0.25) is 0 Å². The van der Waals surface area contributed by atoms with Gasteiger partial charge in [0.15, 0.2) is 12.1 Å². The zero-order valence-electron chi connectivity index (χ0n) is 12.5. The van der Waals surface area contributed by atoms with Gasteiger partial charge in [0, 0.05) is 18.9 Å². The summed E-state index contributed by atoms with van der Waals surface area (Å²) in [5.41, 5.74) is 1.38. The molecule has 1 aromatic carbocycles. The number of thiazole rings is 1. The van der Waals surface area contributed by atoms with E-state index < -0.39 is 0 Å². The van der Waals surface area contributed by atoms with Gasteiger partial charge in [-0.05, 0) is 12.1 Å². The highest BCUT2D eigenvalue weighted by Gasteiger charge is 2.18. The number of aromatic nitrogens is 2. The van der Waals surface area contributed by atoms with Gasteiger partial charge in [-0.3, -0.25) is 4.79 Å². The molecule has 0 unspecified atom stereocenters. The van der Waals surface area contributed by atoms with Gasteiger partial charge < -0.3 is 9.73 Å². The molecule has 6 heteroatoms. The number of carbonyl (C=O) groups is 1. The van der Waals surface area contributed by atoms with Crippen LogP contribution in [-0.2, 0) is 6.42 Å². The molecular formula is C16H17N3O2S. The first-order valence-corrected chi connectivity index (χ1v) is 8.03. The summed E-state index contributed by atoms with van der Waals surface area (Å²) in [6, 6.07) is 8.04. The van der Waals surface area contributed by atoms with Gasteiger partial charge >= 0.3 is 0 Å². The van der Waals surface area contributed by atoms with Crippen LogP contribution in [-0.4, -0.2) is 22.4 Å². The lowest BCUT2D eigenvalue weighted by atomic mass is 10.1. The molecule has 2 aromatic heterocycles. The maximum Gasteiger partial charge on any atom is 0.273 e. The Morgan fingerprint density at radius 3 is 2.95 bits per heavy atom. The SMILES string of the molecule is CC(C)c1ocnc1C(=O)NCCc1nc2ccccc2s1. The average molecular weight is 315 g/mol. The summed E-state index contributed by atoms with van der Waals surface area (Å²) in [6.45, 7) is 4.47. The summed E-state index contributed by atoms with van der Waals surface area (Å²) in [7, 11) is 0. The van der Waals surface area contributed by atoms with Gasteiger partial charge in [0.2, 0.25) is 0 Å². The van der Waals surface area contributed by atoms with Crippen LogP contribution in [0.5, 0.6) is 0 Å². The van der Waals surface area contributed by atoms with Crippen molar-refractivity contribution in [1.82, 2.24) is 15.3 Å². The molecule has 0 saturated heterocycles. The molecule has 1 amide bonds. The molecule has 0 atom stereocenters. The van der Waals surface area contributed by atoms with Crippen molar-refractivity contribution in [2.24, 2.45) is 0 Å². The van der Waals surface area contributed by atoms with E-state index in [-0.39, 0.29) is 11.8 Å². The number of carbonyl (C=O) groups excluding carboxylic acids is 1. The van der Waals surface area contributed by atoms with E-state index in [1.165, 1.54) is 11.1 Å². The minimum absolute atomic E-state index is 0.132. The summed E-state index contributed by atoms with van der Waals surface area (Å²) in [4.78, 5) is 20.7. The van der Waals surface area contributed by atoms with Gasteiger partial charge in [-0.25, -0.2) is 9.97 Å². The van der Waals surface area contributed by atoms with Gasteiger partial charge in [0.1, 0.15) is 5.76 Å². The number of fused-ring (bicyclic) bond motifs is 1. The van der Waals surface area contributed by atoms with Gasteiger partial charge in [-0.1, -0.05) is 26.0 Å². The van der Waals surface area contributed by atoms with Crippen LogP contribution in [0, 0.1) is 0 Å². The van der Waals surface area contributed by atoms with Crippen LogP contribution in [0.3, 0.4) is 0 Å². The second-order valence-corrected chi connectivity index (χ2v) is 6.42. The van der Waals surface area contributed by atoms with Crippen molar-refractivity contribution in [2.75, 3.05) is 6.54 Å². The Hall–Kier alpha value is -2.21. The van der Waals surface area contributed by atoms with Gasteiger partial charge in [0.05, 0.1) is 15.2 Å². The number of benzene rings is 1. The third-order valence-electron chi connectivity index (χ3n) is 3.30. The van der Waals surface area contributed by atoms with Crippen molar-refractivity contribution in [3.8, 4) is 0 Å². The number of para-hydroxylation sites is 1. The van der Waals surface area contributed by atoms with Crippen LogP contribution >= 0.6 is 11.3 Å². The van der Waals surface area contributed by atoms with Gasteiger partial charge in [-0.2, -0.15) is 0 Å². The van der Waals surface area contributed by atoms with Crippen molar-refractivity contribution in [3.05, 3.63) is 47.1 Å². The number of rotatable bonds is 5. The summed E-state index contributed by atoms with van der Waals surface area (Å²) >= 11 is 1.66. The van der Waals surface area contributed by atoms with Crippen LogP contribution < -0.4 is 5.32 Å². The molecular weight excluding hydrogens is 298 g/mol. The molecule has 1 N–H and O–H groups in total. The Bertz CT molecular complexity index is 758. The summed E-state index contributed by atoms with van der Waals surface area (Å²) in [5.74, 6) is 0.559. The fourth-order valence-corrected chi connectivity index (χ4v) is 3.20. The first kappa shape index (κ1) is 14.7. The fourth-order valence-electron chi connectivity index (χ4n) is 2.23. The summed E-state index contributed by atoms with van der Waals surface area (Å²) in [5, 5.41) is 3.90. The maximum absolute atomic E-state index is 12.1. The second kappa shape index (κ2) is 6.27. The molecule has 0 aliphatic carbocycles. The minimum atomic E-state index is -0.196. The maximum atomic E-state index is 12.1.